The van der Waals surface area contributed by atoms with Gasteiger partial charge in [0.15, 0.2) is 5.54 Å². The lowest BCUT2D eigenvalue weighted by molar-refractivity contribution is -0.143. The highest BCUT2D eigenvalue weighted by atomic mass is 16.4. The highest BCUT2D eigenvalue weighted by molar-refractivity contribution is 6.11. The molecule has 2 aromatic rings. The zero-order valence-corrected chi connectivity index (χ0v) is 18.6. The molecule has 0 saturated carbocycles. The number of fused-ring (bicyclic) bond motifs is 5. The van der Waals surface area contributed by atoms with Gasteiger partial charge >= 0.3 is 12.0 Å². The van der Waals surface area contributed by atoms with E-state index in [2.05, 4.69) is 10.3 Å². The maximum atomic E-state index is 13.8. The lowest BCUT2D eigenvalue weighted by Crippen LogP contribution is -2.54. The Morgan fingerprint density at radius 2 is 1.91 bits per heavy atom. The molecule has 9 nitrogen and oxygen atoms in total. The van der Waals surface area contributed by atoms with Crippen LogP contribution in [-0.4, -0.2) is 62.3 Å². The Labute approximate surface area is 185 Å². The van der Waals surface area contributed by atoms with Crippen LogP contribution in [0.15, 0.2) is 24.3 Å². The third-order valence-electron chi connectivity index (χ3n) is 6.54. The molecular weight excluding hydrogens is 412 g/mol. The summed E-state index contributed by atoms with van der Waals surface area (Å²) < 4.78 is 0. The minimum absolute atomic E-state index is 0.000514. The van der Waals surface area contributed by atoms with Crippen LogP contribution >= 0.6 is 0 Å². The number of nitrogens with one attached hydrogen (secondary N) is 2. The predicted molar refractivity (Wildman–Crippen MR) is 117 cm³/mol. The van der Waals surface area contributed by atoms with Crippen LogP contribution in [0, 0.1) is 5.92 Å². The molecule has 3 atom stereocenters. The van der Waals surface area contributed by atoms with Crippen LogP contribution < -0.4 is 5.32 Å². The van der Waals surface area contributed by atoms with Crippen molar-refractivity contribution >= 4 is 34.7 Å². The number of aromatic amines is 1. The fourth-order valence-corrected chi connectivity index (χ4v) is 4.84. The molecule has 170 valence electrons. The van der Waals surface area contributed by atoms with Gasteiger partial charge in [0.1, 0.15) is 12.1 Å². The number of nitrogens with zero attached hydrogens (tertiary/aromatic N) is 2. The van der Waals surface area contributed by atoms with Crippen LogP contribution in [0.5, 0.6) is 0 Å². The first-order chi connectivity index (χ1) is 15.1. The van der Waals surface area contributed by atoms with Crippen LogP contribution in [0.4, 0.5) is 4.79 Å². The van der Waals surface area contributed by atoms with Gasteiger partial charge in [-0.1, -0.05) is 32.0 Å². The number of urea groups is 1. The SMILES string of the molecule is CC(C)C[C@H](C(=O)N[C@H](C)C(=O)O)N1C(=O)N2CCc3c([nH]c4ccccc34)[C@@]2(C)C1=O. The van der Waals surface area contributed by atoms with Crippen LogP contribution in [0.3, 0.4) is 0 Å². The lowest BCUT2D eigenvalue weighted by atomic mass is 9.86. The quantitative estimate of drug-likeness (QED) is 0.595. The molecule has 0 aliphatic carbocycles. The van der Waals surface area contributed by atoms with Gasteiger partial charge in [0.25, 0.3) is 5.91 Å². The van der Waals surface area contributed by atoms with E-state index in [4.69, 9.17) is 0 Å². The molecule has 4 amide bonds. The summed E-state index contributed by atoms with van der Waals surface area (Å²) in [6.07, 6.45) is 0.831. The second-order valence-electron chi connectivity index (χ2n) is 9.17. The van der Waals surface area contributed by atoms with E-state index in [1.807, 2.05) is 38.1 Å². The minimum atomic E-state index is -1.25. The molecule has 1 aromatic carbocycles. The van der Waals surface area contributed by atoms with Crippen molar-refractivity contribution in [3.63, 3.8) is 0 Å². The average molecular weight is 441 g/mol. The molecule has 3 heterocycles. The van der Waals surface area contributed by atoms with Gasteiger partial charge < -0.3 is 20.3 Å². The average Bonchev–Trinajstić information content (AvgIpc) is 3.20. The number of carboxylic acids is 1. The Hall–Kier alpha value is -3.36. The monoisotopic (exact) mass is 440 g/mol. The predicted octanol–water partition coefficient (Wildman–Crippen LogP) is 2.21. The zero-order valence-electron chi connectivity index (χ0n) is 18.6. The number of H-pyrrole nitrogens is 1. The standard InChI is InChI=1S/C23H28N4O5/c1-12(2)11-17(19(28)24-13(3)20(29)30)27-21(31)23(4)18-15(9-10-26(23)22(27)32)14-7-5-6-8-16(14)25-18/h5-8,12-13,17,25H,9-11H2,1-4H3,(H,24,28)(H,29,30)/t13-,17-,23+/m1/s1. The van der Waals surface area contributed by atoms with Gasteiger partial charge in [-0.25, -0.2) is 9.69 Å². The number of amides is 4. The Bertz CT molecular complexity index is 1120. The molecule has 0 unspecified atom stereocenters. The van der Waals surface area contributed by atoms with E-state index in [1.54, 1.807) is 6.92 Å². The van der Waals surface area contributed by atoms with Crippen molar-refractivity contribution in [2.24, 2.45) is 5.92 Å². The van der Waals surface area contributed by atoms with Crippen molar-refractivity contribution < 1.29 is 24.3 Å². The molecule has 2 aliphatic rings. The van der Waals surface area contributed by atoms with Crippen molar-refractivity contribution in [3.8, 4) is 0 Å². The van der Waals surface area contributed by atoms with Gasteiger partial charge in [-0.15, -0.1) is 0 Å². The molecule has 1 aromatic heterocycles. The van der Waals surface area contributed by atoms with Crippen LogP contribution in [0.1, 0.15) is 45.4 Å². The van der Waals surface area contributed by atoms with E-state index in [-0.39, 0.29) is 12.3 Å². The van der Waals surface area contributed by atoms with E-state index in [0.717, 1.165) is 21.4 Å². The number of carboxylic acid groups (broad SMARTS) is 1. The van der Waals surface area contributed by atoms with Crippen molar-refractivity contribution in [3.05, 3.63) is 35.5 Å². The fourth-order valence-electron chi connectivity index (χ4n) is 4.84. The van der Waals surface area contributed by atoms with Gasteiger partial charge in [0.2, 0.25) is 5.91 Å². The summed E-state index contributed by atoms with van der Waals surface area (Å²) in [5.74, 6) is -2.30. The molecule has 2 aliphatic heterocycles. The summed E-state index contributed by atoms with van der Waals surface area (Å²) in [6, 6.07) is 5.02. The van der Waals surface area contributed by atoms with Gasteiger partial charge in [0, 0.05) is 17.4 Å². The summed E-state index contributed by atoms with van der Waals surface area (Å²) in [5.41, 5.74) is 1.32. The maximum Gasteiger partial charge on any atom is 0.328 e. The van der Waals surface area contributed by atoms with Gasteiger partial charge in [-0.3, -0.25) is 14.4 Å². The number of benzene rings is 1. The molecular formula is C23H28N4O5. The minimum Gasteiger partial charge on any atom is -0.480 e. The second-order valence-corrected chi connectivity index (χ2v) is 9.17. The van der Waals surface area contributed by atoms with Crippen LogP contribution in [-0.2, 0) is 26.3 Å². The number of hydrogen-bond donors (Lipinski definition) is 3. The van der Waals surface area contributed by atoms with E-state index < -0.39 is 41.4 Å². The Morgan fingerprint density at radius 1 is 1.22 bits per heavy atom. The first-order valence-electron chi connectivity index (χ1n) is 10.9. The zero-order chi connectivity index (χ0) is 23.4. The summed E-state index contributed by atoms with van der Waals surface area (Å²) in [4.78, 5) is 57.4. The smallest absolute Gasteiger partial charge is 0.328 e. The lowest BCUT2D eigenvalue weighted by Gasteiger charge is -2.36. The number of aliphatic carboxylic acids is 1. The van der Waals surface area contributed by atoms with Crippen molar-refractivity contribution in [2.45, 2.75) is 58.2 Å². The maximum absolute atomic E-state index is 13.8. The fraction of sp³-hybridized carbons (Fsp3) is 0.478. The largest absolute Gasteiger partial charge is 0.480 e. The van der Waals surface area contributed by atoms with Crippen molar-refractivity contribution in [1.82, 2.24) is 20.1 Å². The molecule has 1 saturated heterocycles. The molecule has 1 fully saturated rings. The Kier molecular flexibility index (Phi) is 5.22. The topological polar surface area (TPSA) is 123 Å². The molecule has 32 heavy (non-hydrogen) atoms. The van der Waals surface area contributed by atoms with E-state index in [9.17, 15) is 24.3 Å². The highest BCUT2D eigenvalue weighted by Crippen LogP contribution is 2.44. The number of hydrogen-bond acceptors (Lipinski definition) is 4. The molecule has 0 radical (unpaired) electrons. The number of para-hydroxylation sites is 1. The summed E-state index contributed by atoms with van der Waals surface area (Å²) >= 11 is 0. The third-order valence-corrected chi connectivity index (χ3v) is 6.54. The van der Waals surface area contributed by atoms with Crippen molar-refractivity contribution in [1.29, 1.82) is 0 Å². The second kappa shape index (κ2) is 7.65. The molecule has 4 rings (SSSR count). The number of carbonyl (C=O) groups is 4. The third kappa shape index (κ3) is 3.14. The normalized spacial score (nSPS) is 22.2. The van der Waals surface area contributed by atoms with E-state index in [1.165, 1.54) is 11.8 Å². The molecule has 0 bridgehead atoms. The summed E-state index contributed by atoms with van der Waals surface area (Å²) in [6.45, 7) is 7.19. The Balaban J connectivity index is 1.76. The molecule has 9 heteroatoms. The molecule has 3 N–H and O–H groups in total. The van der Waals surface area contributed by atoms with Gasteiger partial charge in [0.05, 0.1) is 5.69 Å². The Morgan fingerprint density at radius 3 is 2.56 bits per heavy atom. The van der Waals surface area contributed by atoms with Crippen LogP contribution in [0.25, 0.3) is 10.9 Å². The first kappa shape index (κ1) is 21.9. The number of aromatic nitrogens is 1. The number of imide groups is 1. The number of rotatable bonds is 6. The summed E-state index contributed by atoms with van der Waals surface area (Å²) in [5, 5.41) is 12.6. The molecule has 0 spiro atoms. The number of carbonyl (C=O) groups excluding carboxylic acids is 3. The van der Waals surface area contributed by atoms with Crippen molar-refractivity contribution in [2.75, 3.05) is 6.54 Å². The first-order valence-corrected chi connectivity index (χ1v) is 10.9. The van der Waals surface area contributed by atoms with E-state index >= 15 is 0 Å². The van der Waals surface area contributed by atoms with E-state index in [0.29, 0.717) is 18.7 Å². The van der Waals surface area contributed by atoms with Crippen LogP contribution in [0.2, 0.25) is 0 Å². The highest BCUT2D eigenvalue weighted by Gasteiger charge is 2.60. The van der Waals surface area contributed by atoms with Gasteiger partial charge in [-0.2, -0.15) is 0 Å². The van der Waals surface area contributed by atoms with Gasteiger partial charge in [-0.05, 0) is 44.2 Å². The summed E-state index contributed by atoms with van der Waals surface area (Å²) in [7, 11) is 0.